The molecule has 0 saturated heterocycles. The van der Waals surface area contributed by atoms with Crippen LogP contribution in [0.5, 0.6) is 11.5 Å². The molecule has 3 rings (SSSR count). The second-order valence-electron chi connectivity index (χ2n) is 9.89. The molecule has 0 aliphatic heterocycles. The predicted octanol–water partition coefficient (Wildman–Crippen LogP) is 3.51. The van der Waals surface area contributed by atoms with Crippen molar-refractivity contribution in [1.29, 1.82) is 0 Å². The molecule has 36 heavy (non-hydrogen) atoms. The normalized spacial score (nSPS) is 13.4. The number of hydrogen-bond acceptors (Lipinski definition) is 7. The van der Waals surface area contributed by atoms with Crippen molar-refractivity contribution in [1.82, 2.24) is 15.2 Å². The Balaban J connectivity index is 1.95. The van der Waals surface area contributed by atoms with E-state index in [1.54, 1.807) is 39.1 Å². The maximum absolute atomic E-state index is 13.4. The summed E-state index contributed by atoms with van der Waals surface area (Å²) in [5.41, 5.74) is 2.62. The average molecular weight is 498 g/mol. The van der Waals surface area contributed by atoms with Crippen molar-refractivity contribution >= 4 is 29.3 Å². The van der Waals surface area contributed by atoms with Crippen LogP contribution in [0.25, 0.3) is 11.6 Å². The molecule has 0 spiro atoms. The lowest BCUT2D eigenvalue weighted by molar-refractivity contribution is -0.110. The zero-order valence-corrected chi connectivity index (χ0v) is 22.0. The smallest absolute Gasteiger partial charge is 0.407 e. The highest BCUT2D eigenvalue weighted by atomic mass is 16.6. The minimum absolute atomic E-state index is 0.260. The Labute approximate surface area is 211 Å². The molecule has 194 valence electrons. The van der Waals surface area contributed by atoms with Crippen LogP contribution in [0.4, 0.5) is 4.79 Å². The Morgan fingerprint density at radius 1 is 1.00 bits per heavy atom. The second kappa shape index (κ2) is 11.0. The monoisotopic (exact) mass is 497 g/mol. The van der Waals surface area contributed by atoms with Crippen LogP contribution in [0.2, 0.25) is 0 Å². The van der Waals surface area contributed by atoms with Crippen LogP contribution in [-0.2, 0) is 22.4 Å². The molecule has 2 aromatic rings. The topological polar surface area (TPSA) is 110 Å². The molecule has 0 fully saturated rings. The number of benzene rings is 1. The first-order valence-corrected chi connectivity index (χ1v) is 11.8. The number of H-pyrrole nitrogens is 1. The average Bonchev–Trinajstić information content (AvgIpc) is 3.21. The first-order chi connectivity index (χ1) is 17.0. The minimum atomic E-state index is -0.610. The van der Waals surface area contributed by atoms with Crippen LogP contribution >= 0.6 is 0 Å². The van der Waals surface area contributed by atoms with Crippen molar-refractivity contribution in [3.05, 3.63) is 46.3 Å². The summed E-state index contributed by atoms with van der Waals surface area (Å²) < 4.78 is 16.4. The van der Waals surface area contributed by atoms with Crippen molar-refractivity contribution in [2.24, 2.45) is 0 Å². The lowest BCUT2D eigenvalue weighted by Crippen LogP contribution is -2.33. The number of aromatic amines is 1. The number of hydrogen-bond donors (Lipinski definition) is 2. The van der Waals surface area contributed by atoms with E-state index in [1.165, 1.54) is 14.2 Å². The zero-order chi connectivity index (χ0) is 26.6. The van der Waals surface area contributed by atoms with Crippen molar-refractivity contribution in [3.63, 3.8) is 0 Å². The molecule has 1 heterocycles. The van der Waals surface area contributed by atoms with Gasteiger partial charge in [-0.2, -0.15) is 0 Å². The van der Waals surface area contributed by atoms with Crippen molar-refractivity contribution in [3.8, 4) is 11.5 Å². The fourth-order valence-electron chi connectivity index (χ4n) is 4.12. The van der Waals surface area contributed by atoms with Crippen LogP contribution < -0.4 is 14.8 Å². The Morgan fingerprint density at radius 3 is 2.33 bits per heavy atom. The molecule has 9 heteroatoms. The number of nitrogens with one attached hydrogen (secondary N) is 2. The highest BCUT2D eigenvalue weighted by Gasteiger charge is 2.34. The molecule has 1 aliphatic rings. The third-order valence-corrected chi connectivity index (χ3v) is 5.75. The van der Waals surface area contributed by atoms with Gasteiger partial charge in [-0.3, -0.25) is 9.59 Å². The number of nitrogens with zero attached hydrogens (tertiary/aromatic N) is 1. The van der Waals surface area contributed by atoms with Gasteiger partial charge in [0.05, 0.1) is 25.5 Å². The van der Waals surface area contributed by atoms with Crippen LogP contribution in [0.3, 0.4) is 0 Å². The summed E-state index contributed by atoms with van der Waals surface area (Å²) >= 11 is 0. The van der Waals surface area contributed by atoms with Gasteiger partial charge in [0.1, 0.15) is 5.60 Å². The van der Waals surface area contributed by atoms with E-state index in [2.05, 4.69) is 10.3 Å². The molecule has 0 radical (unpaired) electrons. The summed E-state index contributed by atoms with van der Waals surface area (Å²) in [6.45, 7) is 6.36. The molecule has 9 nitrogen and oxygen atoms in total. The Morgan fingerprint density at radius 2 is 1.72 bits per heavy atom. The number of Topliss-reactive ketones (excluding diaryl/α,β-unsaturated/α-hetero) is 2. The quantitative estimate of drug-likeness (QED) is 0.510. The number of ether oxygens (including phenoxy) is 3. The molecule has 0 saturated carbocycles. The first-order valence-electron chi connectivity index (χ1n) is 11.8. The molecular formula is C27H35N3O6. The number of aromatic nitrogens is 1. The van der Waals surface area contributed by atoms with E-state index >= 15 is 0 Å². The largest absolute Gasteiger partial charge is 0.493 e. The minimum Gasteiger partial charge on any atom is -0.493 e. The second-order valence-corrected chi connectivity index (χ2v) is 9.89. The Bertz CT molecular complexity index is 1190. The van der Waals surface area contributed by atoms with Crippen LogP contribution in [-0.4, -0.2) is 74.5 Å². The molecule has 1 amide bonds. The lowest BCUT2D eigenvalue weighted by Gasteiger charge is -2.21. The van der Waals surface area contributed by atoms with E-state index in [-0.39, 0.29) is 12.1 Å². The summed E-state index contributed by atoms with van der Waals surface area (Å²) in [6, 6.07) is 3.70. The summed E-state index contributed by atoms with van der Waals surface area (Å²) in [7, 11) is 6.99. The number of ketones is 2. The third kappa shape index (κ3) is 5.96. The van der Waals surface area contributed by atoms with Crippen LogP contribution in [0, 0.1) is 0 Å². The van der Waals surface area contributed by atoms with Gasteiger partial charge in [0.25, 0.3) is 0 Å². The number of carbonyl (C=O) groups excluding carboxylic acids is 3. The number of methoxy groups -OCH3 is 2. The molecule has 0 bridgehead atoms. The molecular weight excluding hydrogens is 462 g/mol. The molecule has 1 aliphatic carbocycles. The van der Waals surface area contributed by atoms with E-state index in [4.69, 9.17) is 14.2 Å². The van der Waals surface area contributed by atoms with Crippen LogP contribution in [0.1, 0.15) is 53.5 Å². The number of likely N-dealkylation sites (N-methyl/N-ethyl adjacent to an activating group) is 1. The standard InChI is InChI=1S/C27H35N3O6/c1-27(2,3)36-26(33)28-12-10-17-15-29-19-14-18(23(31)24(32)22(17)19)21-16(11-13-30(4)5)8-9-20(34-6)25(21)35-7/h8-9,14-15,29H,10-13H2,1-7H3,(H,28,33). The SMILES string of the molecule is COc1ccc(CCN(C)C)c(C2=Cc3[nH]cc(CCNC(=O)OC(C)(C)C)c3C(=O)C2=O)c1OC. The van der Waals surface area contributed by atoms with Gasteiger partial charge >= 0.3 is 6.09 Å². The van der Waals surface area contributed by atoms with Crippen LogP contribution in [0.15, 0.2) is 18.3 Å². The summed E-state index contributed by atoms with van der Waals surface area (Å²) in [6.07, 6.45) is 3.87. The maximum Gasteiger partial charge on any atom is 0.407 e. The van der Waals surface area contributed by atoms with E-state index in [1.807, 2.05) is 25.1 Å². The highest BCUT2D eigenvalue weighted by Crippen LogP contribution is 2.41. The Kier molecular flexibility index (Phi) is 8.24. The zero-order valence-electron chi connectivity index (χ0n) is 22.0. The molecule has 0 atom stereocenters. The van der Waals surface area contributed by atoms with Gasteiger partial charge in [-0.15, -0.1) is 0 Å². The first kappa shape index (κ1) is 27.0. The van der Waals surface area contributed by atoms with E-state index in [0.29, 0.717) is 46.7 Å². The number of rotatable bonds is 9. The summed E-state index contributed by atoms with van der Waals surface area (Å²) in [5, 5.41) is 2.68. The highest BCUT2D eigenvalue weighted by molar-refractivity contribution is 6.61. The molecule has 0 unspecified atom stereocenters. The fraction of sp³-hybridized carbons (Fsp3) is 0.444. The summed E-state index contributed by atoms with van der Waals surface area (Å²) in [5.74, 6) is -0.313. The van der Waals surface area contributed by atoms with Crippen molar-refractivity contribution in [2.45, 2.75) is 39.2 Å². The third-order valence-electron chi connectivity index (χ3n) is 5.75. The molecule has 2 N–H and O–H groups in total. The predicted molar refractivity (Wildman–Crippen MR) is 138 cm³/mol. The summed E-state index contributed by atoms with van der Waals surface area (Å²) in [4.78, 5) is 43.8. The van der Waals surface area contributed by atoms with Gasteiger partial charge in [-0.05, 0) is 71.0 Å². The van der Waals surface area contributed by atoms with E-state index < -0.39 is 23.3 Å². The lowest BCUT2D eigenvalue weighted by atomic mass is 9.85. The number of alkyl carbamates (subject to hydrolysis) is 1. The van der Waals surface area contributed by atoms with E-state index in [9.17, 15) is 14.4 Å². The Hall–Kier alpha value is -3.59. The van der Waals surface area contributed by atoms with Crippen molar-refractivity contribution in [2.75, 3.05) is 41.4 Å². The van der Waals surface area contributed by atoms with Gasteiger partial charge in [-0.25, -0.2) is 4.79 Å². The number of carbonyl (C=O) groups is 3. The van der Waals surface area contributed by atoms with Gasteiger partial charge in [0.2, 0.25) is 11.6 Å². The number of amides is 1. The van der Waals surface area contributed by atoms with Gasteiger partial charge in [-0.1, -0.05) is 6.07 Å². The fourth-order valence-corrected chi connectivity index (χ4v) is 4.12. The number of allylic oxidation sites excluding steroid dienone is 1. The van der Waals surface area contributed by atoms with Gasteiger partial charge in [0.15, 0.2) is 11.5 Å². The molecule has 1 aromatic carbocycles. The maximum atomic E-state index is 13.4. The van der Waals surface area contributed by atoms with E-state index in [0.717, 1.165) is 12.1 Å². The number of fused-ring (bicyclic) bond motifs is 1. The van der Waals surface area contributed by atoms with Gasteiger partial charge in [0, 0.05) is 30.4 Å². The van der Waals surface area contributed by atoms with Crippen molar-refractivity contribution < 1.29 is 28.6 Å². The molecule has 1 aromatic heterocycles. The van der Waals surface area contributed by atoms with Gasteiger partial charge < -0.3 is 29.4 Å².